The quantitative estimate of drug-likeness (QED) is 0.774. The standard InChI is InChI=1S/C12H22N2O3/c1-13(9-12(16)17)8-11(15)14(2)10-6-4-3-5-7-10/h10H,3-9H2,1-2H3,(H,16,17). The number of carboxylic acid groups (broad SMARTS) is 1. The van der Waals surface area contributed by atoms with Crippen molar-refractivity contribution in [2.24, 2.45) is 0 Å². The molecule has 0 spiro atoms. The molecule has 5 heteroatoms. The molecule has 0 aromatic heterocycles. The number of carboxylic acids is 1. The molecule has 98 valence electrons. The third kappa shape index (κ3) is 4.73. The van der Waals surface area contributed by atoms with E-state index in [0.29, 0.717) is 6.04 Å². The summed E-state index contributed by atoms with van der Waals surface area (Å²) in [5.41, 5.74) is 0. The molecule has 0 bridgehead atoms. The van der Waals surface area contributed by atoms with E-state index in [2.05, 4.69) is 0 Å². The number of aliphatic carboxylic acids is 1. The second-order valence-corrected chi connectivity index (χ2v) is 4.86. The maximum atomic E-state index is 11.9. The molecule has 0 heterocycles. The molecule has 0 aliphatic heterocycles. The summed E-state index contributed by atoms with van der Waals surface area (Å²) in [7, 11) is 3.48. The first kappa shape index (κ1) is 14.0. The lowest BCUT2D eigenvalue weighted by Gasteiger charge is -2.32. The van der Waals surface area contributed by atoms with Gasteiger partial charge in [-0.3, -0.25) is 14.5 Å². The highest BCUT2D eigenvalue weighted by Gasteiger charge is 2.22. The zero-order valence-corrected chi connectivity index (χ0v) is 10.7. The van der Waals surface area contributed by atoms with Gasteiger partial charge in [0.05, 0.1) is 13.1 Å². The average Bonchev–Trinajstić information content (AvgIpc) is 2.28. The number of nitrogens with zero attached hydrogens (tertiary/aromatic N) is 2. The Balaban J connectivity index is 2.37. The summed E-state index contributed by atoms with van der Waals surface area (Å²) in [5, 5.41) is 8.62. The van der Waals surface area contributed by atoms with Crippen molar-refractivity contribution >= 4 is 11.9 Å². The van der Waals surface area contributed by atoms with Crippen LogP contribution in [0.2, 0.25) is 0 Å². The van der Waals surface area contributed by atoms with Gasteiger partial charge in [0.1, 0.15) is 0 Å². The van der Waals surface area contributed by atoms with E-state index < -0.39 is 5.97 Å². The molecule has 5 nitrogen and oxygen atoms in total. The predicted molar refractivity (Wildman–Crippen MR) is 64.8 cm³/mol. The lowest BCUT2D eigenvalue weighted by atomic mass is 9.94. The number of carbonyl (C=O) groups excluding carboxylic acids is 1. The summed E-state index contributed by atoms with van der Waals surface area (Å²) in [6.07, 6.45) is 5.79. The first-order valence-corrected chi connectivity index (χ1v) is 6.16. The summed E-state index contributed by atoms with van der Waals surface area (Å²) in [6, 6.07) is 0.342. The van der Waals surface area contributed by atoms with Crippen LogP contribution in [-0.2, 0) is 9.59 Å². The molecule has 0 aromatic carbocycles. The fourth-order valence-electron chi connectivity index (χ4n) is 2.30. The van der Waals surface area contributed by atoms with Crippen molar-refractivity contribution in [2.45, 2.75) is 38.1 Å². The Bertz CT molecular complexity index is 275. The molecule has 0 unspecified atom stereocenters. The van der Waals surface area contributed by atoms with Gasteiger partial charge < -0.3 is 10.0 Å². The second-order valence-electron chi connectivity index (χ2n) is 4.86. The van der Waals surface area contributed by atoms with Crippen molar-refractivity contribution in [1.29, 1.82) is 0 Å². The van der Waals surface area contributed by atoms with Crippen molar-refractivity contribution in [3.8, 4) is 0 Å². The van der Waals surface area contributed by atoms with Crippen molar-refractivity contribution < 1.29 is 14.7 Å². The minimum atomic E-state index is -0.902. The molecular weight excluding hydrogens is 220 g/mol. The Kier molecular flexibility index (Phi) is 5.41. The summed E-state index contributed by atoms with van der Waals surface area (Å²) in [6.45, 7) is 0.0869. The average molecular weight is 242 g/mol. The predicted octanol–water partition coefficient (Wildman–Crippen LogP) is 0.794. The van der Waals surface area contributed by atoms with Crippen LogP contribution in [0.1, 0.15) is 32.1 Å². The van der Waals surface area contributed by atoms with E-state index in [4.69, 9.17) is 5.11 Å². The third-order valence-electron chi connectivity index (χ3n) is 3.33. The van der Waals surface area contributed by atoms with Crippen LogP contribution in [0.15, 0.2) is 0 Å². The Hall–Kier alpha value is -1.10. The lowest BCUT2D eigenvalue weighted by molar-refractivity contribution is -0.139. The SMILES string of the molecule is CN(CC(=O)O)CC(=O)N(C)C1CCCCC1. The van der Waals surface area contributed by atoms with E-state index in [9.17, 15) is 9.59 Å². The molecule has 0 radical (unpaired) electrons. The van der Waals surface area contributed by atoms with Crippen molar-refractivity contribution in [1.82, 2.24) is 9.80 Å². The summed E-state index contributed by atoms with van der Waals surface area (Å²) in [4.78, 5) is 25.7. The highest BCUT2D eigenvalue weighted by molar-refractivity contribution is 5.79. The maximum absolute atomic E-state index is 11.9. The van der Waals surface area contributed by atoms with Crippen LogP contribution in [0.3, 0.4) is 0 Å². The molecule has 1 amide bonds. The lowest BCUT2D eigenvalue weighted by Crippen LogP contribution is -2.44. The highest BCUT2D eigenvalue weighted by atomic mass is 16.4. The van der Waals surface area contributed by atoms with E-state index in [0.717, 1.165) is 12.8 Å². The van der Waals surface area contributed by atoms with Gasteiger partial charge in [0.2, 0.25) is 5.91 Å². The van der Waals surface area contributed by atoms with Gasteiger partial charge in [0, 0.05) is 13.1 Å². The monoisotopic (exact) mass is 242 g/mol. The maximum Gasteiger partial charge on any atom is 0.317 e. The molecule has 1 fully saturated rings. The molecular formula is C12H22N2O3. The topological polar surface area (TPSA) is 60.9 Å². The van der Waals surface area contributed by atoms with Crippen LogP contribution in [0.5, 0.6) is 0 Å². The Morgan fingerprint density at radius 3 is 2.24 bits per heavy atom. The van der Waals surface area contributed by atoms with Gasteiger partial charge in [0.25, 0.3) is 0 Å². The number of hydrogen-bond acceptors (Lipinski definition) is 3. The van der Waals surface area contributed by atoms with Gasteiger partial charge in [0.15, 0.2) is 0 Å². The summed E-state index contributed by atoms with van der Waals surface area (Å²) < 4.78 is 0. The number of likely N-dealkylation sites (N-methyl/N-ethyl adjacent to an activating group) is 2. The summed E-state index contributed by atoms with van der Waals surface area (Å²) >= 11 is 0. The minimum Gasteiger partial charge on any atom is -0.480 e. The largest absolute Gasteiger partial charge is 0.480 e. The third-order valence-corrected chi connectivity index (χ3v) is 3.33. The first-order valence-electron chi connectivity index (χ1n) is 6.16. The van der Waals surface area contributed by atoms with Gasteiger partial charge >= 0.3 is 5.97 Å². The highest BCUT2D eigenvalue weighted by Crippen LogP contribution is 2.21. The van der Waals surface area contributed by atoms with Crippen LogP contribution in [-0.4, -0.2) is 60.0 Å². The zero-order valence-electron chi connectivity index (χ0n) is 10.7. The fraction of sp³-hybridized carbons (Fsp3) is 0.833. The first-order chi connectivity index (χ1) is 8.00. The number of rotatable bonds is 5. The summed E-state index contributed by atoms with van der Waals surface area (Å²) in [5.74, 6) is -0.888. The van der Waals surface area contributed by atoms with Gasteiger partial charge in [-0.2, -0.15) is 0 Å². The molecule has 1 saturated carbocycles. The molecule has 17 heavy (non-hydrogen) atoms. The van der Waals surface area contributed by atoms with E-state index >= 15 is 0 Å². The second kappa shape index (κ2) is 6.59. The smallest absolute Gasteiger partial charge is 0.317 e. The van der Waals surface area contributed by atoms with Crippen LogP contribution < -0.4 is 0 Å². The van der Waals surface area contributed by atoms with Gasteiger partial charge in [-0.25, -0.2) is 0 Å². The van der Waals surface area contributed by atoms with Gasteiger partial charge in [-0.1, -0.05) is 19.3 Å². The molecule has 0 aromatic rings. The Labute approximate surface area is 102 Å². The molecule has 1 aliphatic carbocycles. The molecule has 1 N–H and O–H groups in total. The van der Waals surface area contributed by atoms with Crippen molar-refractivity contribution in [2.75, 3.05) is 27.2 Å². The van der Waals surface area contributed by atoms with Crippen LogP contribution in [0.25, 0.3) is 0 Å². The van der Waals surface area contributed by atoms with E-state index in [1.807, 2.05) is 7.05 Å². The molecule has 0 saturated heterocycles. The van der Waals surface area contributed by atoms with Crippen LogP contribution in [0, 0.1) is 0 Å². The number of amides is 1. The molecule has 1 aliphatic rings. The van der Waals surface area contributed by atoms with E-state index in [-0.39, 0.29) is 19.0 Å². The normalized spacial score (nSPS) is 17.1. The number of carbonyl (C=O) groups is 2. The zero-order chi connectivity index (χ0) is 12.8. The Morgan fingerprint density at radius 1 is 1.12 bits per heavy atom. The van der Waals surface area contributed by atoms with Crippen molar-refractivity contribution in [3.05, 3.63) is 0 Å². The van der Waals surface area contributed by atoms with Gasteiger partial charge in [-0.15, -0.1) is 0 Å². The number of hydrogen-bond donors (Lipinski definition) is 1. The van der Waals surface area contributed by atoms with E-state index in [1.165, 1.54) is 24.2 Å². The fourth-order valence-corrected chi connectivity index (χ4v) is 2.30. The minimum absolute atomic E-state index is 0.0145. The van der Waals surface area contributed by atoms with Crippen LogP contribution >= 0.6 is 0 Å². The van der Waals surface area contributed by atoms with Gasteiger partial charge in [-0.05, 0) is 19.9 Å². The van der Waals surface area contributed by atoms with E-state index in [1.54, 1.807) is 11.9 Å². The molecule has 0 atom stereocenters. The Morgan fingerprint density at radius 2 is 1.71 bits per heavy atom. The van der Waals surface area contributed by atoms with Crippen LogP contribution in [0.4, 0.5) is 0 Å². The molecule has 1 rings (SSSR count). The van der Waals surface area contributed by atoms with Crippen molar-refractivity contribution in [3.63, 3.8) is 0 Å².